The largest absolute Gasteiger partial charge is 0.351 e. The fourth-order valence-electron chi connectivity index (χ4n) is 2.23. The number of amides is 1. The second-order valence-corrected chi connectivity index (χ2v) is 6.29. The Morgan fingerprint density at radius 2 is 2.00 bits per heavy atom. The number of nitrogens with zero attached hydrogens (tertiary/aromatic N) is 2. The van der Waals surface area contributed by atoms with Gasteiger partial charge in [0.2, 0.25) is 5.91 Å². The third-order valence-electron chi connectivity index (χ3n) is 3.45. The highest BCUT2D eigenvalue weighted by Crippen LogP contribution is 2.27. The first kappa shape index (κ1) is 15.4. The Hall–Kier alpha value is -2.53. The Kier molecular flexibility index (Phi) is 4.78. The lowest BCUT2D eigenvalue weighted by Gasteiger charge is -2.04. The van der Waals surface area contributed by atoms with E-state index in [9.17, 15) is 4.79 Å². The molecule has 0 saturated carbocycles. The van der Waals surface area contributed by atoms with Crippen LogP contribution in [0, 0.1) is 6.92 Å². The minimum atomic E-state index is 0.0203. The van der Waals surface area contributed by atoms with Gasteiger partial charge in [0.05, 0.1) is 18.7 Å². The van der Waals surface area contributed by atoms with E-state index in [0.717, 1.165) is 26.7 Å². The van der Waals surface area contributed by atoms with Gasteiger partial charge in [-0.05, 0) is 24.6 Å². The molecule has 0 bridgehead atoms. The van der Waals surface area contributed by atoms with Gasteiger partial charge >= 0.3 is 0 Å². The molecule has 0 atom stereocenters. The maximum absolute atomic E-state index is 12.0. The van der Waals surface area contributed by atoms with Crippen LogP contribution in [0.2, 0.25) is 0 Å². The van der Waals surface area contributed by atoms with Gasteiger partial charge in [-0.2, -0.15) is 0 Å². The number of carbonyl (C=O) groups is 1. The topological polar surface area (TPSA) is 54.9 Å². The fraction of sp³-hybridized carbons (Fsp3) is 0.167. The maximum Gasteiger partial charge on any atom is 0.224 e. The van der Waals surface area contributed by atoms with Crippen molar-refractivity contribution in [1.82, 2.24) is 15.3 Å². The predicted octanol–water partition coefficient (Wildman–Crippen LogP) is 3.37. The molecule has 0 fully saturated rings. The van der Waals surface area contributed by atoms with Crippen LogP contribution in [0.4, 0.5) is 0 Å². The summed E-state index contributed by atoms with van der Waals surface area (Å²) in [5, 5.41) is 3.90. The monoisotopic (exact) mass is 323 g/mol. The van der Waals surface area contributed by atoms with Crippen molar-refractivity contribution >= 4 is 17.2 Å². The number of aryl methyl sites for hydroxylation is 1. The van der Waals surface area contributed by atoms with E-state index >= 15 is 0 Å². The third kappa shape index (κ3) is 4.02. The highest BCUT2D eigenvalue weighted by atomic mass is 32.1. The van der Waals surface area contributed by atoms with E-state index in [4.69, 9.17) is 0 Å². The van der Waals surface area contributed by atoms with Crippen LogP contribution in [-0.2, 0) is 17.8 Å². The summed E-state index contributed by atoms with van der Waals surface area (Å²) in [7, 11) is 0. The number of benzene rings is 1. The van der Waals surface area contributed by atoms with E-state index in [1.807, 2.05) is 49.4 Å². The molecule has 2 heterocycles. The molecule has 0 aliphatic rings. The molecular formula is C18H17N3OS. The molecule has 4 nitrogen and oxygen atoms in total. The second-order valence-electron chi connectivity index (χ2n) is 5.21. The van der Waals surface area contributed by atoms with Crippen molar-refractivity contribution in [2.24, 2.45) is 0 Å². The van der Waals surface area contributed by atoms with Crippen molar-refractivity contribution in [2.75, 3.05) is 0 Å². The standard InChI is InChI=1S/C18H17N3OS/c1-13-16(23-18(21-13)15-8-5-9-19-11-15)12-20-17(22)10-14-6-3-2-4-7-14/h2-9,11H,10,12H2,1H3,(H,20,22). The number of carbonyl (C=O) groups excluding carboxylic acids is 1. The number of hydrogen-bond donors (Lipinski definition) is 1. The summed E-state index contributed by atoms with van der Waals surface area (Å²) in [5.41, 5.74) is 2.97. The van der Waals surface area contributed by atoms with E-state index < -0.39 is 0 Å². The zero-order valence-corrected chi connectivity index (χ0v) is 13.6. The van der Waals surface area contributed by atoms with Crippen molar-refractivity contribution in [3.8, 4) is 10.6 Å². The van der Waals surface area contributed by atoms with Crippen LogP contribution in [0.1, 0.15) is 16.1 Å². The van der Waals surface area contributed by atoms with Crippen LogP contribution in [0.5, 0.6) is 0 Å². The Balaban J connectivity index is 1.62. The summed E-state index contributed by atoms with van der Waals surface area (Å²) in [6, 6.07) is 13.6. The second kappa shape index (κ2) is 7.15. The van der Waals surface area contributed by atoms with Gasteiger partial charge in [-0.15, -0.1) is 11.3 Å². The molecule has 3 rings (SSSR count). The lowest BCUT2D eigenvalue weighted by atomic mass is 10.1. The van der Waals surface area contributed by atoms with Crippen LogP contribution in [0.25, 0.3) is 10.6 Å². The van der Waals surface area contributed by atoms with Crippen LogP contribution in [-0.4, -0.2) is 15.9 Å². The summed E-state index contributed by atoms with van der Waals surface area (Å²) >= 11 is 1.60. The Labute approximate surface area is 139 Å². The number of thiazole rings is 1. The summed E-state index contributed by atoms with van der Waals surface area (Å²) in [6.07, 6.45) is 3.94. The molecule has 5 heteroatoms. The molecule has 0 spiro atoms. The van der Waals surface area contributed by atoms with Crippen molar-refractivity contribution in [3.05, 3.63) is 71.0 Å². The summed E-state index contributed by atoms with van der Waals surface area (Å²) < 4.78 is 0. The number of pyridine rings is 1. The minimum absolute atomic E-state index is 0.0203. The Morgan fingerprint density at radius 3 is 2.74 bits per heavy atom. The molecule has 23 heavy (non-hydrogen) atoms. The smallest absolute Gasteiger partial charge is 0.224 e. The molecule has 1 aromatic carbocycles. The van der Waals surface area contributed by atoms with Crippen molar-refractivity contribution in [3.63, 3.8) is 0 Å². The molecule has 0 aliphatic carbocycles. The molecule has 0 radical (unpaired) electrons. The molecule has 1 N–H and O–H groups in total. The predicted molar refractivity (Wildman–Crippen MR) is 92.1 cm³/mol. The molecule has 0 saturated heterocycles. The normalized spacial score (nSPS) is 10.5. The zero-order valence-electron chi connectivity index (χ0n) is 12.8. The van der Waals surface area contributed by atoms with Crippen molar-refractivity contribution < 1.29 is 4.79 Å². The van der Waals surface area contributed by atoms with E-state index in [1.54, 1.807) is 23.7 Å². The molecule has 3 aromatic rings. The van der Waals surface area contributed by atoms with Crippen molar-refractivity contribution in [2.45, 2.75) is 19.9 Å². The lowest BCUT2D eigenvalue weighted by molar-refractivity contribution is -0.120. The molecule has 0 aliphatic heterocycles. The number of aromatic nitrogens is 2. The van der Waals surface area contributed by atoms with Crippen LogP contribution >= 0.6 is 11.3 Å². The van der Waals surface area contributed by atoms with E-state index in [-0.39, 0.29) is 5.91 Å². The lowest BCUT2D eigenvalue weighted by Crippen LogP contribution is -2.24. The van der Waals surface area contributed by atoms with Gasteiger partial charge in [0.15, 0.2) is 0 Å². The SMILES string of the molecule is Cc1nc(-c2cccnc2)sc1CNC(=O)Cc1ccccc1. The highest BCUT2D eigenvalue weighted by molar-refractivity contribution is 7.15. The fourth-order valence-corrected chi connectivity index (χ4v) is 3.22. The first-order chi connectivity index (χ1) is 11.2. The first-order valence-corrected chi connectivity index (χ1v) is 8.21. The van der Waals surface area contributed by atoms with Gasteiger partial charge in [-0.1, -0.05) is 30.3 Å². The van der Waals surface area contributed by atoms with Crippen LogP contribution in [0.15, 0.2) is 54.9 Å². The molecule has 116 valence electrons. The third-order valence-corrected chi connectivity index (χ3v) is 4.66. The summed E-state index contributed by atoms with van der Waals surface area (Å²) in [6.45, 7) is 2.48. The van der Waals surface area contributed by atoms with Crippen LogP contribution < -0.4 is 5.32 Å². The maximum atomic E-state index is 12.0. The van der Waals surface area contributed by atoms with Crippen molar-refractivity contribution in [1.29, 1.82) is 0 Å². The average Bonchev–Trinajstić information content (AvgIpc) is 2.96. The van der Waals surface area contributed by atoms with Gasteiger partial charge in [-0.25, -0.2) is 4.98 Å². The highest BCUT2D eigenvalue weighted by Gasteiger charge is 2.11. The molecular weight excluding hydrogens is 306 g/mol. The quantitative estimate of drug-likeness (QED) is 0.783. The van der Waals surface area contributed by atoms with E-state index in [0.29, 0.717) is 13.0 Å². The number of hydrogen-bond acceptors (Lipinski definition) is 4. The average molecular weight is 323 g/mol. The minimum Gasteiger partial charge on any atom is -0.351 e. The molecule has 1 amide bonds. The zero-order chi connectivity index (χ0) is 16.1. The van der Waals surface area contributed by atoms with E-state index in [1.165, 1.54) is 0 Å². The van der Waals surface area contributed by atoms with Gasteiger partial charge in [0, 0.05) is 22.8 Å². The molecule has 2 aromatic heterocycles. The summed E-state index contributed by atoms with van der Waals surface area (Å²) in [5.74, 6) is 0.0203. The number of nitrogens with one attached hydrogen (secondary N) is 1. The number of rotatable bonds is 5. The van der Waals surface area contributed by atoms with Gasteiger partial charge in [0.25, 0.3) is 0 Å². The Morgan fingerprint density at radius 1 is 1.17 bits per heavy atom. The van der Waals surface area contributed by atoms with E-state index in [2.05, 4.69) is 15.3 Å². The van der Waals surface area contributed by atoms with Crippen LogP contribution in [0.3, 0.4) is 0 Å². The summed E-state index contributed by atoms with van der Waals surface area (Å²) in [4.78, 5) is 21.8. The molecule has 0 unspecified atom stereocenters. The Bertz CT molecular complexity index is 785. The van der Waals surface area contributed by atoms with Gasteiger partial charge in [0.1, 0.15) is 5.01 Å². The van der Waals surface area contributed by atoms with Gasteiger partial charge in [-0.3, -0.25) is 9.78 Å². The first-order valence-electron chi connectivity index (χ1n) is 7.39. The van der Waals surface area contributed by atoms with Gasteiger partial charge < -0.3 is 5.32 Å².